The molecule has 0 atom stereocenters. The van der Waals surface area contributed by atoms with E-state index in [4.69, 9.17) is 16.9 Å². The first-order valence-corrected chi connectivity index (χ1v) is 6.02. The first-order valence-electron chi connectivity index (χ1n) is 4.82. The van der Waals surface area contributed by atoms with Gasteiger partial charge in [-0.05, 0) is 39.4 Å². The first kappa shape index (κ1) is 12.5. The third-order valence-electron chi connectivity index (χ3n) is 2.55. The Morgan fingerprint density at radius 3 is 2.67 bits per heavy atom. The van der Waals surface area contributed by atoms with Crippen LogP contribution in [-0.4, -0.2) is 24.0 Å². The molecule has 1 aromatic rings. The molecule has 0 saturated heterocycles. The van der Waals surface area contributed by atoms with Crippen LogP contribution in [-0.2, 0) is 6.42 Å². The Morgan fingerprint density at radius 1 is 1.53 bits per heavy atom. The summed E-state index contributed by atoms with van der Waals surface area (Å²) in [5, 5.41) is 8.96. The lowest BCUT2D eigenvalue weighted by Crippen LogP contribution is -2.40. The highest BCUT2D eigenvalue weighted by atomic mass is 35.5. The molecule has 0 saturated carbocycles. The zero-order chi connectivity index (χ0) is 11.5. The quantitative estimate of drug-likeness (QED) is 0.811. The summed E-state index contributed by atoms with van der Waals surface area (Å²) in [4.78, 5) is 3.32. The number of nitrogens with zero attached hydrogens (tertiary/aromatic N) is 2. The highest BCUT2D eigenvalue weighted by Gasteiger charge is 2.22. The molecule has 0 amide bonds. The fourth-order valence-corrected chi connectivity index (χ4v) is 2.21. The van der Waals surface area contributed by atoms with Crippen molar-refractivity contribution in [1.29, 1.82) is 5.26 Å². The smallest absolute Gasteiger partial charge is 0.103 e. The summed E-state index contributed by atoms with van der Waals surface area (Å²) < 4.78 is 0.826. The molecule has 0 aliphatic heterocycles. The minimum Gasteiger partial charge on any atom is -0.289 e. The number of halogens is 1. The molecule has 0 aliphatic carbocycles. The number of hydrogen-bond acceptors (Lipinski definition) is 3. The molecule has 82 valence electrons. The fourth-order valence-electron chi connectivity index (χ4n) is 1.13. The van der Waals surface area contributed by atoms with Crippen molar-refractivity contribution in [1.82, 2.24) is 4.90 Å². The molecule has 0 bridgehead atoms. The molecule has 0 N–H and O–H groups in total. The third-order valence-corrected chi connectivity index (χ3v) is 3.84. The molecule has 0 radical (unpaired) electrons. The highest BCUT2D eigenvalue weighted by molar-refractivity contribution is 7.16. The van der Waals surface area contributed by atoms with Crippen molar-refractivity contribution in [3.05, 3.63) is 21.3 Å². The molecule has 1 rings (SSSR count). The number of likely N-dealkylation sites (N-methyl/N-ethyl adjacent to an activating group) is 1. The van der Waals surface area contributed by atoms with Gasteiger partial charge in [-0.1, -0.05) is 11.6 Å². The maximum Gasteiger partial charge on any atom is 0.103 e. The van der Waals surface area contributed by atoms with Crippen LogP contribution in [0, 0.1) is 11.3 Å². The number of hydrogen-bond donors (Lipinski definition) is 0. The van der Waals surface area contributed by atoms with Crippen molar-refractivity contribution in [2.24, 2.45) is 0 Å². The van der Waals surface area contributed by atoms with E-state index in [1.807, 2.05) is 33.0 Å². The predicted octanol–water partition coefficient (Wildman–Crippen LogP) is 3.18. The minimum atomic E-state index is -0.402. The monoisotopic (exact) mass is 242 g/mol. The van der Waals surface area contributed by atoms with Crippen LogP contribution in [0.3, 0.4) is 0 Å². The van der Waals surface area contributed by atoms with Gasteiger partial charge in [0.05, 0.1) is 10.4 Å². The molecular formula is C11H15ClN2S. The van der Waals surface area contributed by atoms with Gasteiger partial charge in [0.15, 0.2) is 0 Å². The highest BCUT2D eigenvalue weighted by Crippen LogP contribution is 2.22. The maximum atomic E-state index is 8.96. The Hall–Kier alpha value is -0.560. The Morgan fingerprint density at radius 2 is 2.20 bits per heavy atom. The Bertz CT molecular complexity index is 365. The van der Waals surface area contributed by atoms with Crippen molar-refractivity contribution in [3.8, 4) is 6.07 Å². The van der Waals surface area contributed by atoms with Gasteiger partial charge in [-0.3, -0.25) is 4.90 Å². The van der Waals surface area contributed by atoms with Gasteiger partial charge >= 0.3 is 0 Å². The van der Waals surface area contributed by atoms with Crippen LogP contribution in [0.15, 0.2) is 12.1 Å². The van der Waals surface area contributed by atoms with Crippen molar-refractivity contribution >= 4 is 22.9 Å². The molecule has 1 heterocycles. The van der Waals surface area contributed by atoms with E-state index in [-0.39, 0.29) is 0 Å². The van der Waals surface area contributed by atoms with Crippen LogP contribution in [0.4, 0.5) is 0 Å². The predicted molar refractivity (Wildman–Crippen MR) is 65.4 cm³/mol. The van der Waals surface area contributed by atoms with Crippen molar-refractivity contribution in [2.45, 2.75) is 25.8 Å². The van der Waals surface area contributed by atoms with E-state index >= 15 is 0 Å². The molecule has 15 heavy (non-hydrogen) atoms. The van der Waals surface area contributed by atoms with Gasteiger partial charge < -0.3 is 0 Å². The van der Waals surface area contributed by atoms with E-state index in [1.54, 1.807) is 11.3 Å². The summed E-state index contributed by atoms with van der Waals surface area (Å²) in [6.07, 6.45) is 0.943. The van der Waals surface area contributed by atoms with Gasteiger partial charge in [-0.15, -0.1) is 11.3 Å². The third kappa shape index (κ3) is 3.49. The lowest BCUT2D eigenvalue weighted by atomic mass is 10.1. The molecule has 0 spiro atoms. The summed E-state index contributed by atoms with van der Waals surface area (Å²) in [6.45, 7) is 4.72. The summed E-state index contributed by atoms with van der Waals surface area (Å²) in [5.41, 5.74) is -0.402. The van der Waals surface area contributed by atoms with E-state index in [1.165, 1.54) is 4.88 Å². The summed E-state index contributed by atoms with van der Waals surface area (Å²) >= 11 is 7.45. The SMILES string of the molecule is CN(CCc1ccc(Cl)s1)C(C)(C)C#N. The summed E-state index contributed by atoms with van der Waals surface area (Å²) in [5.74, 6) is 0. The van der Waals surface area contributed by atoms with E-state index < -0.39 is 5.54 Å². The molecule has 0 aliphatic rings. The first-order chi connectivity index (χ1) is 6.95. The molecule has 2 nitrogen and oxygen atoms in total. The van der Waals surface area contributed by atoms with Gasteiger partial charge in [0.1, 0.15) is 5.54 Å². The van der Waals surface area contributed by atoms with Crippen LogP contribution in [0.25, 0.3) is 0 Å². The molecule has 0 unspecified atom stereocenters. The van der Waals surface area contributed by atoms with E-state index in [0.29, 0.717) is 0 Å². The topological polar surface area (TPSA) is 27.0 Å². The summed E-state index contributed by atoms with van der Waals surface area (Å²) in [6, 6.07) is 6.24. The van der Waals surface area contributed by atoms with E-state index in [9.17, 15) is 0 Å². The molecule has 4 heteroatoms. The average Bonchev–Trinajstić information content (AvgIpc) is 2.60. The van der Waals surface area contributed by atoms with Crippen molar-refractivity contribution in [3.63, 3.8) is 0 Å². The Labute approximate surface area is 100 Å². The maximum absolute atomic E-state index is 8.96. The van der Waals surface area contributed by atoms with Gasteiger partial charge in [-0.2, -0.15) is 5.26 Å². The van der Waals surface area contributed by atoms with E-state index in [2.05, 4.69) is 11.0 Å². The lowest BCUT2D eigenvalue weighted by Gasteiger charge is -2.28. The largest absolute Gasteiger partial charge is 0.289 e. The van der Waals surface area contributed by atoms with E-state index in [0.717, 1.165) is 17.3 Å². The minimum absolute atomic E-state index is 0.402. The van der Waals surface area contributed by atoms with Gasteiger partial charge in [0, 0.05) is 11.4 Å². The normalized spacial score (nSPS) is 11.7. The Kier molecular flexibility index (Phi) is 4.15. The van der Waals surface area contributed by atoms with Crippen LogP contribution in [0.2, 0.25) is 4.34 Å². The van der Waals surface area contributed by atoms with Crippen LogP contribution >= 0.6 is 22.9 Å². The second-order valence-electron chi connectivity index (χ2n) is 4.05. The van der Waals surface area contributed by atoms with Gasteiger partial charge in [-0.25, -0.2) is 0 Å². The molecule has 0 aromatic carbocycles. The standard InChI is InChI=1S/C11H15ClN2S/c1-11(2,8-13)14(3)7-6-9-4-5-10(12)15-9/h4-5H,6-7H2,1-3H3. The second kappa shape index (κ2) is 4.98. The lowest BCUT2D eigenvalue weighted by molar-refractivity contribution is 0.214. The average molecular weight is 243 g/mol. The fraction of sp³-hybridized carbons (Fsp3) is 0.545. The van der Waals surface area contributed by atoms with Crippen LogP contribution in [0.1, 0.15) is 18.7 Å². The summed E-state index contributed by atoms with van der Waals surface area (Å²) in [7, 11) is 1.97. The zero-order valence-corrected chi connectivity index (χ0v) is 10.8. The van der Waals surface area contributed by atoms with Crippen LogP contribution in [0.5, 0.6) is 0 Å². The number of nitriles is 1. The second-order valence-corrected chi connectivity index (χ2v) is 5.85. The number of rotatable bonds is 4. The van der Waals surface area contributed by atoms with Crippen molar-refractivity contribution < 1.29 is 0 Å². The zero-order valence-electron chi connectivity index (χ0n) is 9.25. The Balaban J connectivity index is 2.48. The van der Waals surface area contributed by atoms with Gasteiger partial charge in [0.25, 0.3) is 0 Å². The van der Waals surface area contributed by atoms with Gasteiger partial charge in [0.2, 0.25) is 0 Å². The number of thiophene rings is 1. The van der Waals surface area contributed by atoms with Crippen molar-refractivity contribution in [2.75, 3.05) is 13.6 Å². The molecular weight excluding hydrogens is 228 g/mol. The van der Waals surface area contributed by atoms with Crippen LogP contribution < -0.4 is 0 Å². The molecule has 0 fully saturated rings. The molecule has 1 aromatic heterocycles.